The molecule has 0 atom stereocenters. The molecule has 1 aromatic heterocycles. The minimum absolute atomic E-state index is 0.0406. The van der Waals surface area contributed by atoms with Crippen LogP contribution in [0.25, 0.3) is 0 Å². The van der Waals surface area contributed by atoms with E-state index < -0.39 is 0 Å². The van der Waals surface area contributed by atoms with Crippen molar-refractivity contribution in [3.8, 4) is 0 Å². The van der Waals surface area contributed by atoms with E-state index in [9.17, 15) is 4.79 Å². The molecule has 1 aromatic rings. The summed E-state index contributed by atoms with van der Waals surface area (Å²) >= 11 is 1.31. The lowest BCUT2D eigenvalue weighted by molar-refractivity contribution is -0.116. The van der Waals surface area contributed by atoms with Crippen molar-refractivity contribution in [1.29, 1.82) is 0 Å². The minimum atomic E-state index is -0.0406. The highest BCUT2D eigenvalue weighted by Gasteiger charge is 2.02. The molecule has 0 saturated carbocycles. The number of carbonyl (C=O) groups excluding carboxylic acids is 1. The Morgan fingerprint density at radius 1 is 1.75 bits per heavy atom. The van der Waals surface area contributed by atoms with E-state index in [1.54, 1.807) is 12.6 Å². The van der Waals surface area contributed by atoms with Gasteiger partial charge in [-0.15, -0.1) is 10.2 Å². The highest BCUT2D eigenvalue weighted by molar-refractivity contribution is 7.13. The second-order valence-electron chi connectivity index (χ2n) is 2.15. The van der Waals surface area contributed by atoms with E-state index in [-0.39, 0.29) is 5.91 Å². The largest absolute Gasteiger partial charge is 0.319 e. The van der Waals surface area contributed by atoms with Gasteiger partial charge < -0.3 is 10.6 Å². The molecule has 0 radical (unpaired) electrons. The second-order valence-corrected chi connectivity index (χ2v) is 2.98. The molecule has 5 nitrogen and oxygen atoms in total. The zero-order chi connectivity index (χ0) is 8.81. The Kier molecular flexibility index (Phi) is 3.62. The van der Waals surface area contributed by atoms with Gasteiger partial charge in [0.05, 0.1) is 0 Å². The normalized spacial score (nSPS) is 9.75. The molecular weight excluding hydrogens is 176 g/mol. The third-order valence-corrected chi connectivity index (χ3v) is 1.82. The maximum Gasteiger partial charge on any atom is 0.227 e. The lowest BCUT2D eigenvalue weighted by Crippen LogP contribution is -2.18. The standard InChI is InChI=1S/C6H10N4OS/c1-7-3-2-5(11)9-6-10-8-4-12-6/h4,7H,2-3H2,1H3,(H,9,10,11). The Bertz CT molecular complexity index is 236. The molecule has 66 valence electrons. The summed E-state index contributed by atoms with van der Waals surface area (Å²) in [6.07, 6.45) is 0.454. The van der Waals surface area contributed by atoms with Gasteiger partial charge in [-0.3, -0.25) is 4.79 Å². The van der Waals surface area contributed by atoms with Crippen LogP contribution in [0.3, 0.4) is 0 Å². The Morgan fingerprint density at radius 3 is 3.17 bits per heavy atom. The van der Waals surface area contributed by atoms with E-state index in [0.29, 0.717) is 18.1 Å². The van der Waals surface area contributed by atoms with E-state index >= 15 is 0 Å². The highest BCUT2D eigenvalue weighted by atomic mass is 32.1. The molecule has 0 bridgehead atoms. The summed E-state index contributed by atoms with van der Waals surface area (Å²) in [7, 11) is 1.80. The molecule has 6 heteroatoms. The van der Waals surface area contributed by atoms with Gasteiger partial charge in [0.2, 0.25) is 11.0 Å². The van der Waals surface area contributed by atoms with Crippen molar-refractivity contribution in [1.82, 2.24) is 15.5 Å². The number of nitrogens with zero attached hydrogens (tertiary/aromatic N) is 2. The van der Waals surface area contributed by atoms with Crippen molar-refractivity contribution in [3.63, 3.8) is 0 Å². The molecular formula is C6H10N4OS. The van der Waals surface area contributed by atoms with Crippen LogP contribution in [-0.4, -0.2) is 29.7 Å². The van der Waals surface area contributed by atoms with Gasteiger partial charge in [0.1, 0.15) is 5.51 Å². The third-order valence-electron chi connectivity index (χ3n) is 1.21. The van der Waals surface area contributed by atoms with Crippen LogP contribution in [-0.2, 0) is 4.79 Å². The molecule has 1 amide bonds. The molecule has 0 unspecified atom stereocenters. The lowest BCUT2D eigenvalue weighted by Gasteiger charge is -1.98. The lowest BCUT2D eigenvalue weighted by atomic mass is 10.4. The van der Waals surface area contributed by atoms with Crippen molar-refractivity contribution in [2.24, 2.45) is 0 Å². The van der Waals surface area contributed by atoms with Crippen LogP contribution in [0.4, 0.5) is 5.13 Å². The number of amides is 1. The topological polar surface area (TPSA) is 66.9 Å². The zero-order valence-corrected chi connectivity index (χ0v) is 7.52. The Hall–Kier alpha value is -1.01. The average Bonchev–Trinajstić information content (AvgIpc) is 2.53. The van der Waals surface area contributed by atoms with Crippen molar-refractivity contribution in [2.45, 2.75) is 6.42 Å². The smallest absolute Gasteiger partial charge is 0.227 e. The summed E-state index contributed by atoms with van der Waals surface area (Å²) in [4.78, 5) is 11.1. The number of hydrogen-bond donors (Lipinski definition) is 2. The molecule has 0 aliphatic rings. The van der Waals surface area contributed by atoms with Gasteiger partial charge in [-0.1, -0.05) is 11.3 Å². The molecule has 0 aromatic carbocycles. The first-order chi connectivity index (χ1) is 5.83. The predicted octanol–water partition coefficient (Wildman–Crippen LogP) is 0.0861. The molecule has 0 spiro atoms. The number of anilines is 1. The van der Waals surface area contributed by atoms with E-state index in [4.69, 9.17) is 0 Å². The van der Waals surface area contributed by atoms with Crippen LogP contribution < -0.4 is 10.6 Å². The summed E-state index contributed by atoms with van der Waals surface area (Å²) in [6.45, 7) is 0.671. The first-order valence-corrected chi connectivity index (χ1v) is 4.41. The quantitative estimate of drug-likeness (QED) is 0.699. The fourth-order valence-electron chi connectivity index (χ4n) is 0.648. The Labute approximate surface area is 74.2 Å². The fourth-order valence-corrected chi connectivity index (χ4v) is 1.11. The second kappa shape index (κ2) is 4.78. The van der Waals surface area contributed by atoms with Crippen LogP contribution in [0.15, 0.2) is 5.51 Å². The van der Waals surface area contributed by atoms with E-state index in [0.717, 1.165) is 0 Å². The van der Waals surface area contributed by atoms with Gasteiger partial charge in [-0.2, -0.15) is 0 Å². The molecule has 0 fully saturated rings. The molecule has 0 aliphatic carbocycles. The molecule has 0 aliphatic heterocycles. The first-order valence-electron chi connectivity index (χ1n) is 3.53. The molecule has 0 saturated heterocycles. The van der Waals surface area contributed by atoms with Crippen molar-refractivity contribution in [2.75, 3.05) is 18.9 Å². The Morgan fingerprint density at radius 2 is 2.58 bits per heavy atom. The minimum Gasteiger partial charge on any atom is -0.319 e. The zero-order valence-electron chi connectivity index (χ0n) is 6.70. The first kappa shape index (κ1) is 9.08. The molecule has 1 rings (SSSR count). The summed E-state index contributed by atoms with van der Waals surface area (Å²) in [5.41, 5.74) is 1.58. The van der Waals surface area contributed by atoms with Crippen molar-refractivity contribution in [3.05, 3.63) is 5.51 Å². The third kappa shape index (κ3) is 2.93. The monoisotopic (exact) mass is 186 g/mol. The fraction of sp³-hybridized carbons (Fsp3) is 0.500. The van der Waals surface area contributed by atoms with Crippen LogP contribution in [0.1, 0.15) is 6.42 Å². The number of aromatic nitrogens is 2. The average molecular weight is 186 g/mol. The van der Waals surface area contributed by atoms with Crippen molar-refractivity contribution >= 4 is 22.4 Å². The number of nitrogens with one attached hydrogen (secondary N) is 2. The molecule has 1 heterocycles. The van der Waals surface area contributed by atoms with E-state index in [1.807, 2.05) is 0 Å². The van der Waals surface area contributed by atoms with Gasteiger partial charge in [0, 0.05) is 13.0 Å². The summed E-state index contributed by atoms with van der Waals surface area (Å²) in [6, 6.07) is 0. The van der Waals surface area contributed by atoms with Crippen molar-refractivity contribution < 1.29 is 4.79 Å². The maximum absolute atomic E-state index is 11.1. The van der Waals surface area contributed by atoms with Crippen LogP contribution in [0.5, 0.6) is 0 Å². The van der Waals surface area contributed by atoms with Crippen LogP contribution in [0.2, 0.25) is 0 Å². The molecule has 12 heavy (non-hydrogen) atoms. The molecule has 2 N–H and O–H groups in total. The summed E-state index contributed by atoms with van der Waals surface area (Å²) in [5.74, 6) is -0.0406. The highest BCUT2D eigenvalue weighted by Crippen LogP contribution is 2.07. The van der Waals surface area contributed by atoms with Gasteiger partial charge in [-0.05, 0) is 7.05 Å². The van der Waals surface area contributed by atoms with E-state index in [2.05, 4.69) is 20.8 Å². The predicted molar refractivity (Wildman–Crippen MR) is 47.1 cm³/mol. The summed E-state index contributed by atoms with van der Waals surface area (Å²) < 4.78 is 0. The van der Waals surface area contributed by atoms with Gasteiger partial charge in [-0.25, -0.2) is 0 Å². The SMILES string of the molecule is CNCCC(=O)Nc1nncs1. The summed E-state index contributed by atoms with van der Waals surface area (Å²) in [5, 5.41) is 13.3. The number of hydrogen-bond acceptors (Lipinski definition) is 5. The van der Waals surface area contributed by atoms with Crippen LogP contribution in [0, 0.1) is 0 Å². The van der Waals surface area contributed by atoms with Crippen LogP contribution >= 0.6 is 11.3 Å². The number of carbonyl (C=O) groups is 1. The van der Waals surface area contributed by atoms with E-state index in [1.165, 1.54) is 11.3 Å². The van der Waals surface area contributed by atoms with Gasteiger partial charge >= 0.3 is 0 Å². The van der Waals surface area contributed by atoms with Gasteiger partial charge in [0.25, 0.3) is 0 Å². The van der Waals surface area contributed by atoms with Gasteiger partial charge in [0.15, 0.2) is 0 Å². The Balaban J connectivity index is 2.27. The number of rotatable bonds is 4. The maximum atomic E-state index is 11.1.